The number of hydrogen-bond acceptors (Lipinski definition) is 1. The largest absolute Gasteiger partial charge is 0.143 e. The predicted octanol–water partition coefficient (Wildman–Crippen LogP) is 5.07. The standard InChI is InChI=1S/C17H18S/c1-12-10-13(2)17(14(3)11-12)9-6-15-4-7-16(18)8-5-15/h4-11,18H,1-3H3. The minimum absolute atomic E-state index is 0.995. The van der Waals surface area contributed by atoms with Crippen LogP contribution in [0, 0.1) is 20.8 Å². The van der Waals surface area contributed by atoms with Gasteiger partial charge in [-0.1, -0.05) is 42.0 Å². The highest BCUT2D eigenvalue weighted by molar-refractivity contribution is 7.80. The fraction of sp³-hybridized carbons (Fsp3) is 0.176. The van der Waals surface area contributed by atoms with Crippen molar-refractivity contribution in [2.75, 3.05) is 0 Å². The molecule has 0 aliphatic heterocycles. The maximum Gasteiger partial charge on any atom is 0.00403 e. The Balaban J connectivity index is 2.31. The summed E-state index contributed by atoms with van der Waals surface area (Å²) in [4.78, 5) is 0.995. The van der Waals surface area contributed by atoms with Gasteiger partial charge in [0.25, 0.3) is 0 Å². The van der Waals surface area contributed by atoms with Crippen LogP contribution in [-0.4, -0.2) is 0 Å². The molecule has 0 radical (unpaired) electrons. The third-order valence-corrected chi connectivity index (χ3v) is 3.37. The van der Waals surface area contributed by atoms with Crippen molar-refractivity contribution in [3.8, 4) is 0 Å². The molecule has 1 heteroatoms. The van der Waals surface area contributed by atoms with Crippen LogP contribution < -0.4 is 0 Å². The fourth-order valence-electron chi connectivity index (χ4n) is 2.22. The van der Waals surface area contributed by atoms with Crippen LogP contribution in [-0.2, 0) is 0 Å². The molecule has 0 spiro atoms. The Kier molecular flexibility index (Phi) is 3.93. The van der Waals surface area contributed by atoms with Crippen LogP contribution in [0.3, 0.4) is 0 Å². The Hall–Kier alpha value is -1.47. The summed E-state index contributed by atoms with van der Waals surface area (Å²) >= 11 is 4.29. The van der Waals surface area contributed by atoms with Crippen LogP contribution in [0.4, 0.5) is 0 Å². The first-order valence-electron chi connectivity index (χ1n) is 6.11. The molecule has 0 aromatic heterocycles. The number of thiol groups is 1. The molecule has 0 nitrogen and oxygen atoms in total. The van der Waals surface area contributed by atoms with Gasteiger partial charge < -0.3 is 0 Å². The zero-order valence-electron chi connectivity index (χ0n) is 11.1. The average molecular weight is 254 g/mol. The molecule has 0 aliphatic rings. The van der Waals surface area contributed by atoms with Crippen LogP contribution in [0.5, 0.6) is 0 Å². The highest BCUT2D eigenvalue weighted by Crippen LogP contribution is 2.19. The van der Waals surface area contributed by atoms with E-state index in [1.807, 2.05) is 12.1 Å². The molecule has 2 rings (SSSR count). The van der Waals surface area contributed by atoms with Crippen molar-refractivity contribution < 1.29 is 0 Å². The third kappa shape index (κ3) is 3.05. The molecule has 0 saturated carbocycles. The molecule has 92 valence electrons. The van der Waals surface area contributed by atoms with Crippen LogP contribution in [0.2, 0.25) is 0 Å². The molecule has 0 N–H and O–H groups in total. The van der Waals surface area contributed by atoms with Crippen molar-refractivity contribution in [1.29, 1.82) is 0 Å². The van der Waals surface area contributed by atoms with E-state index < -0.39 is 0 Å². The van der Waals surface area contributed by atoms with E-state index in [9.17, 15) is 0 Å². The fourth-order valence-corrected chi connectivity index (χ4v) is 2.37. The number of aryl methyl sites for hydroxylation is 3. The normalized spacial score (nSPS) is 11.1. The van der Waals surface area contributed by atoms with E-state index in [1.165, 1.54) is 27.8 Å². The molecule has 0 heterocycles. The second-order valence-corrected chi connectivity index (χ2v) is 5.25. The maximum absolute atomic E-state index is 4.29. The van der Waals surface area contributed by atoms with Gasteiger partial charge in [0, 0.05) is 4.90 Å². The van der Waals surface area contributed by atoms with Crippen molar-refractivity contribution in [2.45, 2.75) is 25.7 Å². The van der Waals surface area contributed by atoms with Gasteiger partial charge in [-0.15, -0.1) is 12.6 Å². The Bertz CT molecular complexity index is 554. The van der Waals surface area contributed by atoms with Crippen molar-refractivity contribution in [1.82, 2.24) is 0 Å². The SMILES string of the molecule is Cc1cc(C)c(C=Cc2ccc(S)cc2)c(C)c1. The first kappa shape index (κ1) is 13.0. The van der Waals surface area contributed by atoms with E-state index in [-0.39, 0.29) is 0 Å². The Labute approximate surface area is 115 Å². The lowest BCUT2D eigenvalue weighted by Gasteiger charge is -2.07. The minimum atomic E-state index is 0.995. The Morgan fingerprint density at radius 3 is 1.94 bits per heavy atom. The summed E-state index contributed by atoms with van der Waals surface area (Å²) in [6.07, 6.45) is 4.34. The Morgan fingerprint density at radius 2 is 1.39 bits per heavy atom. The Morgan fingerprint density at radius 1 is 0.833 bits per heavy atom. The van der Waals surface area contributed by atoms with Gasteiger partial charge >= 0.3 is 0 Å². The second kappa shape index (κ2) is 5.45. The van der Waals surface area contributed by atoms with Crippen molar-refractivity contribution in [3.05, 3.63) is 64.2 Å². The van der Waals surface area contributed by atoms with Crippen molar-refractivity contribution in [2.24, 2.45) is 0 Å². The van der Waals surface area contributed by atoms with Gasteiger partial charge in [0.05, 0.1) is 0 Å². The van der Waals surface area contributed by atoms with Gasteiger partial charge in [0.2, 0.25) is 0 Å². The first-order chi connectivity index (χ1) is 8.56. The highest BCUT2D eigenvalue weighted by Gasteiger charge is 2.00. The average Bonchev–Trinajstić information content (AvgIpc) is 2.30. The third-order valence-electron chi connectivity index (χ3n) is 3.07. The molecule has 0 unspecified atom stereocenters. The van der Waals surface area contributed by atoms with Crippen LogP contribution >= 0.6 is 12.6 Å². The topological polar surface area (TPSA) is 0 Å². The summed E-state index contributed by atoms with van der Waals surface area (Å²) in [5.74, 6) is 0. The molecule has 0 bridgehead atoms. The molecular weight excluding hydrogens is 236 g/mol. The van der Waals surface area contributed by atoms with Gasteiger partial charge in [-0.05, 0) is 55.2 Å². The summed E-state index contributed by atoms with van der Waals surface area (Å²) in [5.41, 5.74) is 6.49. The number of hydrogen-bond donors (Lipinski definition) is 1. The van der Waals surface area contributed by atoms with Crippen LogP contribution in [0.1, 0.15) is 27.8 Å². The van der Waals surface area contributed by atoms with E-state index in [0.29, 0.717) is 0 Å². The van der Waals surface area contributed by atoms with Crippen LogP contribution in [0.15, 0.2) is 41.3 Å². The van der Waals surface area contributed by atoms with Crippen molar-refractivity contribution >= 4 is 24.8 Å². The van der Waals surface area contributed by atoms with E-state index in [1.54, 1.807) is 0 Å². The quantitative estimate of drug-likeness (QED) is 0.561. The van der Waals surface area contributed by atoms with E-state index in [4.69, 9.17) is 0 Å². The molecular formula is C17H18S. The minimum Gasteiger partial charge on any atom is -0.143 e. The smallest absolute Gasteiger partial charge is 0.00403 e. The molecule has 2 aromatic carbocycles. The lowest BCUT2D eigenvalue weighted by atomic mass is 9.99. The summed E-state index contributed by atoms with van der Waals surface area (Å²) in [7, 11) is 0. The van der Waals surface area contributed by atoms with Gasteiger partial charge in [-0.25, -0.2) is 0 Å². The summed E-state index contributed by atoms with van der Waals surface area (Å²) in [6.45, 7) is 6.46. The molecule has 18 heavy (non-hydrogen) atoms. The van der Waals surface area contributed by atoms with Gasteiger partial charge in [-0.2, -0.15) is 0 Å². The molecule has 0 amide bonds. The van der Waals surface area contributed by atoms with E-state index >= 15 is 0 Å². The summed E-state index contributed by atoms with van der Waals surface area (Å²) < 4.78 is 0. The van der Waals surface area contributed by atoms with Gasteiger partial charge in [-0.3, -0.25) is 0 Å². The van der Waals surface area contributed by atoms with Gasteiger partial charge in [0.15, 0.2) is 0 Å². The van der Waals surface area contributed by atoms with Crippen molar-refractivity contribution in [3.63, 3.8) is 0 Å². The lowest BCUT2D eigenvalue weighted by Crippen LogP contribution is -1.88. The molecule has 2 aromatic rings. The van der Waals surface area contributed by atoms with Crippen LogP contribution in [0.25, 0.3) is 12.2 Å². The predicted molar refractivity (Wildman–Crippen MR) is 83.3 cm³/mol. The molecule has 0 aliphatic carbocycles. The number of rotatable bonds is 2. The molecule has 0 fully saturated rings. The summed E-state index contributed by atoms with van der Waals surface area (Å²) in [6, 6.07) is 12.6. The second-order valence-electron chi connectivity index (χ2n) is 4.74. The number of benzene rings is 2. The first-order valence-corrected chi connectivity index (χ1v) is 6.56. The molecule has 0 saturated heterocycles. The highest BCUT2D eigenvalue weighted by atomic mass is 32.1. The zero-order valence-corrected chi connectivity index (χ0v) is 12.0. The van der Waals surface area contributed by atoms with E-state index in [2.05, 4.69) is 69.8 Å². The maximum atomic E-state index is 4.29. The zero-order chi connectivity index (χ0) is 13.1. The lowest BCUT2D eigenvalue weighted by molar-refractivity contribution is 1.30. The van der Waals surface area contributed by atoms with Gasteiger partial charge in [0.1, 0.15) is 0 Å². The summed E-state index contributed by atoms with van der Waals surface area (Å²) in [5, 5.41) is 0. The van der Waals surface area contributed by atoms with E-state index in [0.717, 1.165) is 4.90 Å². The monoisotopic (exact) mass is 254 g/mol. The molecule has 0 atom stereocenters.